The lowest BCUT2D eigenvalue weighted by molar-refractivity contribution is -0.143. The van der Waals surface area contributed by atoms with Gasteiger partial charge in [0.1, 0.15) is 12.4 Å². The molecule has 102 valence electrons. The summed E-state index contributed by atoms with van der Waals surface area (Å²) in [6, 6.07) is 7.85. The minimum absolute atomic E-state index is 0.0645. The van der Waals surface area contributed by atoms with Gasteiger partial charge in [-0.05, 0) is 50.5 Å². The van der Waals surface area contributed by atoms with Crippen LogP contribution in [0.2, 0.25) is 0 Å². The molecule has 1 fully saturated rings. The van der Waals surface area contributed by atoms with Gasteiger partial charge in [-0.25, -0.2) is 0 Å². The van der Waals surface area contributed by atoms with E-state index in [1.54, 1.807) is 0 Å². The highest BCUT2D eigenvalue weighted by Crippen LogP contribution is 2.29. The molecule has 1 aromatic rings. The van der Waals surface area contributed by atoms with Crippen LogP contribution in [-0.4, -0.2) is 18.7 Å². The average molecular weight is 260 g/mol. The number of esters is 1. The molecule has 0 spiro atoms. The normalized spacial score (nSPS) is 14.9. The predicted octanol–water partition coefficient (Wildman–Crippen LogP) is 3.44. The van der Waals surface area contributed by atoms with Crippen molar-refractivity contribution >= 4 is 12.0 Å². The summed E-state index contributed by atoms with van der Waals surface area (Å²) in [5.74, 6) is 0.971. The van der Waals surface area contributed by atoms with Gasteiger partial charge in [0.05, 0.1) is 12.0 Å². The molecule has 2 rings (SSSR count). The Hall–Kier alpha value is -1.77. The second-order valence-electron chi connectivity index (χ2n) is 5.04. The summed E-state index contributed by atoms with van der Waals surface area (Å²) >= 11 is 0. The van der Waals surface area contributed by atoms with Gasteiger partial charge in [-0.3, -0.25) is 4.79 Å². The van der Waals surface area contributed by atoms with Crippen molar-refractivity contribution in [1.82, 2.24) is 0 Å². The molecular weight excluding hydrogens is 240 g/mol. The van der Waals surface area contributed by atoms with Crippen LogP contribution in [0.4, 0.5) is 0 Å². The summed E-state index contributed by atoms with van der Waals surface area (Å²) in [6.45, 7) is 4.35. The Labute approximate surface area is 114 Å². The highest BCUT2D eigenvalue weighted by atomic mass is 16.5. The van der Waals surface area contributed by atoms with Gasteiger partial charge >= 0.3 is 5.97 Å². The first-order valence-corrected chi connectivity index (χ1v) is 6.75. The van der Waals surface area contributed by atoms with Gasteiger partial charge in [0, 0.05) is 0 Å². The smallest absolute Gasteiger partial charge is 0.309 e. The van der Waals surface area contributed by atoms with E-state index in [2.05, 4.69) is 0 Å². The van der Waals surface area contributed by atoms with Crippen LogP contribution in [0.5, 0.6) is 5.75 Å². The summed E-state index contributed by atoms with van der Waals surface area (Å²) in [6.07, 6.45) is 5.96. The zero-order valence-electron chi connectivity index (χ0n) is 11.5. The van der Waals surface area contributed by atoms with Crippen molar-refractivity contribution in [3.63, 3.8) is 0 Å². The summed E-state index contributed by atoms with van der Waals surface area (Å²) in [7, 11) is 0. The van der Waals surface area contributed by atoms with Crippen molar-refractivity contribution in [2.45, 2.75) is 32.8 Å². The fourth-order valence-corrected chi connectivity index (χ4v) is 1.68. The van der Waals surface area contributed by atoms with Crippen LogP contribution in [0.3, 0.4) is 0 Å². The number of carbonyl (C=O) groups is 1. The quantitative estimate of drug-likeness (QED) is 0.735. The molecule has 1 saturated carbocycles. The molecule has 0 aromatic heterocycles. The molecule has 0 aliphatic heterocycles. The summed E-state index contributed by atoms with van der Waals surface area (Å²) in [4.78, 5) is 11.3. The van der Waals surface area contributed by atoms with Gasteiger partial charge < -0.3 is 9.47 Å². The lowest BCUT2D eigenvalue weighted by atomic mass is 10.2. The van der Waals surface area contributed by atoms with Crippen molar-refractivity contribution in [3.05, 3.63) is 35.9 Å². The fourth-order valence-electron chi connectivity index (χ4n) is 1.68. The molecule has 0 amide bonds. The molecule has 0 N–H and O–H groups in total. The van der Waals surface area contributed by atoms with Crippen LogP contribution in [0.25, 0.3) is 6.08 Å². The third-order valence-electron chi connectivity index (χ3n) is 2.79. The Bertz CT molecular complexity index is 442. The van der Waals surface area contributed by atoms with Gasteiger partial charge in [0.25, 0.3) is 0 Å². The number of benzene rings is 1. The van der Waals surface area contributed by atoms with Gasteiger partial charge in [-0.2, -0.15) is 0 Å². The van der Waals surface area contributed by atoms with Crippen LogP contribution in [0.15, 0.2) is 30.3 Å². The van der Waals surface area contributed by atoms with Crippen molar-refractivity contribution < 1.29 is 14.3 Å². The molecule has 1 aliphatic rings. The van der Waals surface area contributed by atoms with Crippen LogP contribution in [0, 0.1) is 5.92 Å². The fraction of sp³-hybridized carbons (Fsp3) is 0.438. The summed E-state index contributed by atoms with van der Waals surface area (Å²) in [5.41, 5.74) is 1.07. The second-order valence-corrected chi connectivity index (χ2v) is 5.04. The van der Waals surface area contributed by atoms with E-state index in [0.29, 0.717) is 6.61 Å². The van der Waals surface area contributed by atoms with Crippen molar-refractivity contribution in [2.75, 3.05) is 6.61 Å². The predicted molar refractivity (Wildman–Crippen MR) is 74.9 cm³/mol. The Morgan fingerprint density at radius 3 is 2.58 bits per heavy atom. The lowest BCUT2D eigenvalue weighted by Gasteiger charge is -2.09. The van der Waals surface area contributed by atoms with E-state index in [-0.39, 0.29) is 18.0 Å². The molecular formula is C16H20O3. The highest BCUT2D eigenvalue weighted by molar-refractivity contribution is 5.75. The molecule has 1 aromatic carbocycles. The first kappa shape index (κ1) is 13.7. The SMILES string of the molecule is CC(C)Oc1ccc(/C=C/COC(=O)C2CC2)cc1. The van der Waals surface area contributed by atoms with Gasteiger partial charge in [0.15, 0.2) is 0 Å². The van der Waals surface area contributed by atoms with Crippen molar-refractivity contribution in [3.8, 4) is 5.75 Å². The minimum Gasteiger partial charge on any atom is -0.491 e. The molecule has 1 aliphatic carbocycles. The standard InChI is InChI=1S/C16H20O3/c1-12(2)19-15-9-5-13(6-10-15)4-3-11-18-16(17)14-7-8-14/h3-6,9-10,12,14H,7-8,11H2,1-2H3/b4-3+. The topological polar surface area (TPSA) is 35.5 Å². The Kier molecular flexibility index (Phi) is 4.61. The lowest BCUT2D eigenvalue weighted by Crippen LogP contribution is -2.05. The molecule has 3 nitrogen and oxygen atoms in total. The second kappa shape index (κ2) is 6.41. The van der Waals surface area contributed by atoms with Crippen molar-refractivity contribution in [2.24, 2.45) is 5.92 Å². The molecule has 0 unspecified atom stereocenters. The maximum atomic E-state index is 11.3. The minimum atomic E-state index is -0.0645. The first-order chi connectivity index (χ1) is 9.15. The summed E-state index contributed by atoms with van der Waals surface area (Å²) in [5, 5.41) is 0. The van der Waals surface area contributed by atoms with E-state index >= 15 is 0 Å². The Balaban J connectivity index is 1.76. The van der Waals surface area contributed by atoms with E-state index < -0.39 is 0 Å². The maximum absolute atomic E-state index is 11.3. The van der Waals surface area contributed by atoms with Gasteiger partial charge in [-0.1, -0.05) is 18.2 Å². The Morgan fingerprint density at radius 1 is 1.32 bits per heavy atom. The van der Waals surface area contributed by atoms with E-state index in [9.17, 15) is 4.79 Å². The van der Waals surface area contributed by atoms with E-state index in [4.69, 9.17) is 9.47 Å². The van der Waals surface area contributed by atoms with Gasteiger partial charge in [-0.15, -0.1) is 0 Å². The van der Waals surface area contributed by atoms with Crippen LogP contribution in [-0.2, 0) is 9.53 Å². The zero-order chi connectivity index (χ0) is 13.7. The maximum Gasteiger partial charge on any atom is 0.309 e. The van der Waals surface area contributed by atoms with E-state index in [0.717, 1.165) is 24.2 Å². The van der Waals surface area contributed by atoms with Crippen molar-refractivity contribution in [1.29, 1.82) is 0 Å². The monoisotopic (exact) mass is 260 g/mol. The zero-order valence-corrected chi connectivity index (χ0v) is 11.5. The largest absolute Gasteiger partial charge is 0.491 e. The van der Waals surface area contributed by atoms with Crippen LogP contribution in [0.1, 0.15) is 32.3 Å². The molecule has 0 radical (unpaired) electrons. The average Bonchev–Trinajstić information content (AvgIpc) is 3.20. The van der Waals surface area contributed by atoms with Gasteiger partial charge in [0.2, 0.25) is 0 Å². The highest BCUT2D eigenvalue weighted by Gasteiger charge is 2.30. The number of ether oxygens (including phenoxy) is 2. The summed E-state index contributed by atoms with van der Waals surface area (Å²) < 4.78 is 10.7. The third kappa shape index (κ3) is 4.78. The molecule has 0 bridgehead atoms. The number of hydrogen-bond donors (Lipinski definition) is 0. The van der Waals surface area contributed by atoms with E-state index in [1.807, 2.05) is 50.3 Å². The molecule has 0 atom stereocenters. The first-order valence-electron chi connectivity index (χ1n) is 6.75. The van der Waals surface area contributed by atoms with Crippen LogP contribution >= 0.6 is 0 Å². The van der Waals surface area contributed by atoms with E-state index in [1.165, 1.54) is 0 Å². The van der Waals surface area contributed by atoms with Crippen LogP contribution < -0.4 is 4.74 Å². The Morgan fingerprint density at radius 2 is 2.00 bits per heavy atom. The number of hydrogen-bond acceptors (Lipinski definition) is 3. The number of carbonyl (C=O) groups excluding carboxylic acids is 1. The molecule has 19 heavy (non-hydrogen) atoms. The molecule has 0 heterocycles. The third-order valence-corrected chi connectivity index (χ3v) is 2.79. The number of rotatable bonds is 6. The molecule has 0 saturated heterocycles. The molecule has 3 heteroatoms.